The highest BCUT2D eigenvalue weighted by Gasteiger charge is 2.74. The van der Waals surface area contributed by atoms with Gasteiger partial charge in [0.05, 0.1) is 76.3 Å². The van der Waals surface area contributed by atoms with Gasteiger partial charge in [0.2, 0.25) is 0 Å². The van der Waals surface area contributed by atoms with E-state index in [1.807, 2.05) is 33.4 Å². The molecule has 12 aromatic rings. The summed E-state index contributed by atoms with van der Waals surface area (Å²) in [7, 11) is 1.58. The predicted octanol–water partition coefficient (Wildman–Crippen LogP) is 18.9. The van der Waals surface area contributed by atoms with Crippen molar-refractivity contribution in [2.24, 2.45) is 22.2 Å². The number of rotatable bonds is 32. The molecule has 25 nitrogen and oxygen atoms in total. The lowest BCUT2D eigenvalue weighted by Crippen LogP contribution is -2.61. The number of likely N-dealkylation sites (tertiary alicyclic amines) is 2. The number of ether oxygens (including phenoxy) is 6. The first-order valence-corrected chi connectivity index (χ1v) is 49.8. The molecule has 8 aliphatic heterocycles. The second-order valence-corrected chi connectivity index (χ2v) is 43.6. The number of aryl methyl sites for hydroxylation is 1. The summed E-state index contributed by atoms with van der Waals surface area (Å²) >= 11 is 13.5. The maximum atomic E-state index is 18.1. The SMILES string of the molecule is CO[C@@H]1CCN(C[C@@]2(COc3nc(N4CC5CC[C@@](CCOCC6CCN(C[C@@]7(COc8nc(N9CC%10CC[C@@](C)(C9)N%10COCCNC[C@@]9(COc%10nc(N%11CC%12CC[C@@](C)(C%11)N%12)c%11cc(F)c(-c%12c(C(F)(F)F)c(C)cc%13[nH]ncc%12%13)c(F)c%11n%10)CC9(F)F)c9cc(F)c(-c%10cc(O)cc%11cccc(Cl)c%10%11)c(F)c9n8)CC7(F)F)C6)(C4)N5)c4cc(F)c(-c5cc(O)cc6cccc(Cl)c56)c(F)c4n3)CC2(F)F)C1. The number of methoxy groups -OCH3 is 1. The molecule has 768 valence electrons. The Morgan fingerprint density at radius 3 is 1.59 bits per heavy atom. The van der Waals surface area contributed by atoms with E-state index in [0.717, 1.165) is 37.2 Å². The molecule has 8 aromatic carbocycles. The number of phenols is 2. The van der Waals surface area contributed by atoms with Crippen molar-refractivity contribution in [1.82, 2.24) is 70.8 Å². The van der Waals surface area contributed by atoms with Crippen molar-refractivity contribution in [3.05, 3.63) is 147 Å². The summed E-state index contributed by atoms with van der Waals surface area (Å²) in [4.78, 5) is 39.2. The van der Waals surface area contributed by atoms with Gasteiger partial charge in [-0.05, 0) is 168 Å². The molecule has 11 fully saturated rings. The molecule has 0 spiro atoms. The molecule has 0 amide bonds. The average molecular weight is 2060 g/mol. The second-order valence-electron chi connectivity index (χ2n) is 42.8. The lowest BCUT2D eigenvalue weighted by Gasteiger charge is -2.47. The first-order valence-electron chi connectivity index (χ1n) is 49.0. The van der Waals surface area contributed by atoms with Crippen molar-refractivity contribution in [3.8, 4) is 62.9 Å². The van der Waals surface area contributed by atoms with E-state index in [0.29, 0.717) is 102 Å². The number of alkyl halides is 9. The number of anilines is 3. The molecule has 6 N–H and O–H groups in total. The van der Waals surface area contributed by atoms with Gasteiger partial charge in [-0.3, -0.25) is 14.9 Å². The number of aromatic amines is 1. The van der Waals surface area contributed by atoms with Crippen LogP contribution in [0.15, 0.2) is 91.1 Å². The van der Waals surface area contributed by atoms with Gasteiger partial charge in [0.1, 0.15) is 82.8 Å². The third-order valence-corrected chi connectivity index (χ3v) is 33.2. The van der Waals surface area contributed by atoms with E-state index < -0.39 is 188 Å². The number of nitrogens with zero attached hydrogens (tertiary/aromatic N) is 13. The number of fused-ring (bicyclic) bond motifs is 12. The zero-order chi connectivity index (χ0) is 101. The van der Waals surface area contributed by atoms with Gasteiger partial charge in [-0.15, -0.1) is 0 Å². The lowest BCUT2D eigenvalue weighted by atomic mass is 9.90. The van der Waals surface area contributed by atoms with Crippen LogP contribution in [0.25, 0.3) is 98.5 Å². The molecule has 11 aliphatic rings. The standard InChI is InChI=1S/C103H104Cl2F15N17O8/c1-53-25-74-68(33-122-131-74)79(81(53)103(118,119)120)80-73(108)32-67-87(84(80)111)125-91(126-88(67)134-35-57-11-16-94(2,44-134)129-57)143-49-96(40-100(96,112)113)43-121-20-24-142-52-137-59-13-17-95(137,3)45-136(37-59)90-66-31-72(107)78(64-29-61(139)27-56-8-6-10-70(105)76(56)64)83(110)86(66)124-93(128-90)144-50-97(41-101(97,114)115)46-132-21-14-54(34-132)39-141-23-19-99-18-12-58(130-99)36-135(48-99)89-65-30-71(106)77(63-28-60(138)26-55-7-5-9-69(104)75(55)63)82(109)85(65)123-92(127-89)145-51-98(42-102(98,116)117)47-133-22-15-62(38-133)140-4/h5-10,25-33,54,57-59,62,121,129-130,138-139H,11-24,34-52H2,1-4H3,(H,122,131)/t54?,57?,58?,59?,62-,94+,95+,96-,97-,98-,99-/m1/s1. The minimum atomic E-state index is -5.08. The Kier molecular flexibility index (Phi) is 24.1. The van der Waals surface area contributed by atoms with E-state index in [-0.39, 0.29) is 202 Å². The highest BCUT2D eigenvalue weighted by Crippen LogP contribution is 2.64. The van der Waals surface area contributed by atoms with Gasteiger partial charge in [-0.25, -0.2) is 52.7 Å². The number of hydrogen-bond acceptors (Lipinski definition) is 24. The molecular weight excluding hydrogens is 1960 g/mol. The summed E-state index contributed by atoms with van der Waals surface area (Å²) in [6.07, 6.45) is 0.0561. The molecule has 6 bridgehead atoms. The number of nitrogens with one attached hydrogen (secondary N) is 4. The summed E-state index contributed by atoms with van der Waals surface area (Å²) in [6.45, 7) is 6.99. The number of benzene rings is 8. The Labute approximate surface area is 831 Å². The van der Waals surface area contributed by atoms with Crippen LogP contribution in [0.3, 0.4) is 0 Å². The highest BCUT2D eigenvalue weighted by molar-refractivity contribution is 6.37. The molecule has 23 rings (SSSR count). The molecule has 11 atom stereocenters. The molecule has 3 aliphatic carbocycles. The minimum Gasteiger partial charge on any atom is -0.508 e. The van der Waals surface area contributed by atoms with Crippen LogP contribution in [-0.4, -0.2) is 269 Å². The molecule has 42 heteroatoms. The average Bonchev–Trinajstić information content (AvgIpc) is 1.37. The van der Waals surface area contributed by atoms with E-state index in [1.165, 1.54) is 43.3 Å². The smallest absolute Gasteiger partial charge is 0.417 e. The van der Waals surface area contributed by atoms with Crippen LogP contribution in [0, 0.1) is 64.0 Å². The molecule has 8 saturated heterocycles. The summed E-state index contributed by atoms with van der Waals surface area (Å²) in [6, 6.07) is 17.3. The van der Waals surface area contributed by atoms with Crippen LogP contribution >= 0.6 is 23.2 Å². The van der Waals surface area contributed by atoms with Crippen LogP contribution in [0.2, 0.25) is 10.0 Å². The molecule has 3 saturated carbocycles. The third kappa shape index (κ3) is 17.4. The quantitative estimate of drug-likeness (QED) is 0.0169. The van der Waals surface area contributed by atoms with E-state index in [1.54, 1.807) is 42.3 Å². The van der Waals surface area contributed by atoms with Crippen molar-refractivity contribution in [1.29, 1.82) is 0 Å². The van der Waals surface area contributed by atoms with Gasteiger partial charge >= 0.3 is 24.2 Å². The van der Waals surface area contributed by atoms with Gasteiger partial charge in [0.15, 0.2) is 17.5 Å². The van der Waals surface area contributed by atoms with Crippen LogP contribution in [-0.2, 0) is 20.4 Å². The molecule has 4 unspecified atom stereocenters. The normalized spacial score (nSPS) is 27.3. The summed E-state index contributed by atoms with van der Waals surface area (Å²) in [5.41, 5.74) is -13.0. The maximum Gasteiger partial charge on any atom is 0.417 e. The molecule has 0 radical (unpaired) electrons. The number of halogens is 17. The van der Waals surface area contributed by atoms with Gasteiger partial charge < -0.3 is 74.2 Å². The predicted molar refractivity (Wildman–Crippen MR) is 514 cm³/mol. The van der Waals surface area contributed by atoms with E-state index >= 15 is 65.9 Å². The van der Waals surface area contributed by atoms with Crippen molar-refractivity contribution in [2.75, 3.05) is 160 Å². The largest absolute Gasteiger partial charge is 0.508 e. The fraction of sp³-hybridized carbons (Fsp3) is 0.505. The highest BCUT2D eigenvalue weighted by atomic mass is 35.5. The van der Waals surface area contributed by atoms with Crippen molar-refractivity contribution < 1.29 is 104 Å². The fourth-order valence-corrected chi connectivity index (χ4v) is 25.4. The molecular formula is C103H104Cl2F15N17O8. The second kappa shape index (κ2) is 35.8. The maximum absolute atomic E-state index is 18.1. The van der Waals surface area contributed by atoms with Crippen LogP contribution < -0.4 is 44.9 Å². The fourth-order valence-electron chi connectivity index (χ4n) is 24.8. The summed E-state index contributed by atoms with van der Waals surface area (Å²) in [5, 5.41) is 39.9. The van der Waals surface area contributed by atoms with Gasteiger partial charge in [-0.2, -0.15) is 48.2 Å². The van der Waals surface area contributed by atoms with Gasteiger partial charge in [-0.1, -0.05) is 47.5 Å². The first-order chi connectivity index (χ1) is 69.1. The molecule has 4 aromatic heterocycles. The number of phenolic OH excluding ortho intramolecular Hbond substituents is 2. The minimum absolute atomic E-state index is 0.00136. The van der Waals surface area contributed by atoms with E-state index in [2.05, 4.69) is 51.0 Å². The number of H-pyrrole nitrogens is 1. The monoisotopic (exact) mass is 2060 g/mol. The van der Waals surface area contributed by atoms with Crippen LogP contribution in [0.5, 0.6) is 29.5 Å². The summed E-state index contributed by atoms with van der Waals surface area (Å²) < 4.78 is 283. The Balaban J connectivity index is 0.452. The van der Waals surface area contributed by atoms with Crippen molar-refractivity contribution >= 4 is 106 Å². The van der Waals surface area contributed by atoms with E-state index in [9.17, 15) is 10.2 Å². The Hall–Kier alpha value is -10.7. The number of aromatic hydroxyl groups is 2. The number of piperazine rings is 3. The topological polar surface area (TPSA) is 257 Å². The van der Waals surface area contributed by atoms with Crippen molar-refractivity contribution in [3.63, 3.8) is 0 Å². The molecule has 12 heterocycles. The molecule has 145 heavy (non-hydrogen) atoms. The van der Waals surface area contributed by atoms with Crippen LogP contribution in [0.4, 0.5) is 83.3 Å². The van der Waals surface area contributed by atoms with Gasteiger partial charge in [0, 0.05) is 212 Å². The van der Waals surface area contributed by atoms with Crippen molar-refractivity contribution in [2.45, 2.75) is 163 Å². The van der Waals surface area contributed by atoms with E-state index in [4.69, 9.17) is 61.6 Å². The Morgan fingerprint density at radius 1 is 0.538 bits per heavy atom. The first kappa shape index (κ1) is 97.7. The Bertz CT molecular complexity index is 7230. The van der Waals surface area contributed by atoms with Gasteiger partial charge in [0.25, 0.3) is 17.8 Å². The Morgan fingerprint density at radius 2 is 1.06 bits per heavy atom. The zero-order valence-corrected chi connectivity index (χ0v) is 81.0. The lowest BCUT2D eigenvalue weighted by molar-refractivity contribution is -0.137. The zero-order valence-electron chi connectivity index (χ0n) is 79.5. The summed E-state index contributed by atoms with van der Waals surface area (Å²) in [5.74, 6) is -17.2. The third-order valence-electron chi connectivity index (χ3n) is 32.6. The number of hydrogen-bond donors (Lipinski definition) is 6. The number of aromatic nitrogens is 8. The van der Waals surface area contributed by atoms with Crippen LogP contribution in [0.1, 0.15) is 102 Å².